The standard InChI is InChI=1S/C12H19N3O3/c1-2-18-11(16)9-7-5-3-4-6-8-10(9)14-15-12(13)17/h2-8H2,1H3,(H2,13,17)/b10-9-,15-14?. The number of rotatable bonds is 3. The second-order valence-electron chi connectivity index (χ2n) is 4.10. The van der Waals surface area contributed by atoms with E-state index in [9.17, 15) is 9.59 Å². The number of urea groups is 1. The molecule has 0 unspecified atom stereocenters. The van der Waals surface area contributed by atoms with Crippen molar-refractivity contribution in [2.45, 2.75) is 45.4 Å². The number of nitrogens with two attached hydrogens (primary N) is 1. The molecule has 0 aliphatic heterocycles. The summed E-state index contributed by atoms with van der Waals surface area (Å²) in [6.45, 7) is 2.08. The number of hydrogen-bond acceptors (Lipinski definition) is 4. The van der Waals surface area contributed by atoms with Gasteiger partial charge in [0.15, 0.2) is 0 Å². The zero-order valence-electron chi connectivity index (χ0n) is 10.6. The summed E-state index contributed by atoms with van der Waals surface area (Å²) in [4.78, 5) is 22.4. The molecule has 1 rings (SSSR count). The number of primary amides is 1. The van der Waals surface area contributed by atoms with E-state index >= 15 is 0 Å². The fraction of sp³-hybridized carbons (Fsp3) is 0.667. The van der Waals surface area contributed by atoms with Crippen LogP contribution in [0.15, 0.2) is 21.5 Å². The van der Waals surface area contributed by atoms with Gasteiger partial charge in [0.25, 0.3) is 0 Å². The largest absolute Gasteiger partial charge is 0.463 e. The SMILES string of the molecule is CCOC(=O)/C1=C(\N=NC(N)=O)CCCCCC1. The fourth-order valence-corrected chi connectivity index (χ4v) is 1.90. The molecule has 0 bridgehead atoms. The normalized spacial score (nSPS) is 21.4. The molecular formula is C12H19N3O3. The summed E-state index contributed by atoms with van der Waals surface area (Å²) in [5.74, 6) is -0.363. The quantitative estimate of drug-likeness (QED) is 0.618. The van der Waals surface area contributed by atoms with Crippen LogP contribution in [0, 0.1) is 0 Å². The number of ether oxygens (including phenoxy) is 1. The van der Waals surface area contributed by atoms with Gasteiger partial charge in [-0.3, -0.25) is 0 Å². The number of nitrogens with zero attached hydrogens (tertiary/aromatic N) is 2. The van der Waals surface area contributed by atoms with Gasteiger partial charge < -0.3 is 10.5 Å². The molecule has 0 aromatic rings. The van der Waals surface area contributed by atoms with Gasteiger partial charge in [-0.05, 0) is 32.6 Å². The minimum atomic E-state index is -0.854. The van der Waals surface area contributed by atoms with Crippen LogP contribution in [0.4, 0.5) is 4.79 Å². The Balaban J connectivity index is 2.96. The number of amides is 2. The van der Waals surface area contributed by atoms with Gasteiger partial charge in [0.2, 0.25) is 0 Å². The van der Waals surface area contributed by atoms with E-state index in [1.807, 2.05) is 0 Å². The molecule has 0 radical (unpaired) electrons. The van der Waals surface area contributed by atoms with Gasteiger partial charge in [-0.15, -0.1) is 5.11 Å². The molecule has 0 aromatic carbocycles. The van der Waals surface area contributed by atoms with Crippen molar-refractivity contribution >= 4 is 12.0 Å². The first kappa shape index (κ1) is 14.3. The van der Waals surface area contributed by atoms with E-state index in [1.54, 1.807) is 6.92 Å². The topological polar surface area (TPSA) is 94.1 Å². The van der Waals surface area contributed by atoms with Crippen LogP contribution >= 0.6 is 0 Å². The number of carbonyl (C=O) groups excluding carboxylic acids is 2. The average molecular weight is 253 g/mol. The molecule has 0 aromatic heterocycles. The summed E-state index contributed by atoms with van der Waals surface area (Å²) >= 11 is 0. The lowest BCUT2D eigenvalue weighted by molar-refractivity contribution is -0.138. The highest BCUT2D eigenvalue weighted by Gasteiger charge is 2.18. The van der Waals surface area contributed by atoms with Crippen LogP contribution in [0.5, 0.6) is 0 Å². The van der Waals surface area contributed by atoms with Gasteiger partial charge in [0, 0.05) is 0 Å². The second kappa shape index (κ2) is 7.58. The first-order chi connectivity index (χ1) is 8.65. The van der Waals surface area contributed by atoms with Crippen LogP contribution in [-0.4, -0.2) is 18.6 Å². The predicted octanol–water partition coefficient (Wildman–Crippen LogP) is 2.69. The number of esters is 1. The summed E-state index contributed by atoms with van der Waals surface area (Å²) in [5, 5.41) is 7.11. The van der Waals surface area contributed by atoms with E-state index < -0.39 is 6.03 Å². The first-order valence-electron chi connectivity index (χ1n) is 6.25. The van der Waals surface area contributed by atoms with E-state index in [0.29, 0.717) is 30.7 Å². The van der Waals surface area contributed by atoms with E-state index in [0.717, 1.165) is 25.7 Å². The van der Waals surface area contributed by atoms with Gasteiger partial charge in [0.05, 0.1) is 17.9 Å². The van der Waals surface area contributed by atoms with Crippen molar-refractivity contribution in [3.63, 3.8) is 0 Å². The smallest absolute Gasteiger partial charge is 0.356 e. The van der Waals surface area contributed by atoms with Crippen molar-refractivity contribution in [1.29, 1.82) is 0 Å². The number of carbonyl (C=O) groups is 2. The maximum atomic E-state index is 11.8. The highest BCUT2D eigenvalue weighted by Crippen LogP contribution is 2.25. The van der Waals surface area contributed by atoms with Crippen molar-refractivity contribution in [3.05, 3.63) is 11.3 Å². The van der Waals surface area contributed by atoms with Gasteiger partial charge in [-0.25, -0.2) is 9.59 Å². The third-order valence-corrected chi connectivity index (χ3v) is 2.73. The van der Waals surface area contributed by atoms with Gasteiger partial charge in [-0.1, -0.05) is 18.0 Å². The molecule has 2 amide bonds. The lowest BCUT2D eigenvalue weighted by Gasteiger charge is -2.13. The third-order valence-electron chi connectivity index (χ3n) is 2.73. The lowest BCUT2D eigenvalue weighted by Crippen LogP contribution is -2.11. The highest BCUT2D eigenvalue weighted by molar-refractivity contribution is 5.89. The summed E-state index contributed by atoms with van der Waals surface area (Å²) in [5.41, 5.74) is 5.99. The molecule has 1 aliphatic rings. The van der Waals surface area contributed by atoms with Crippen molar-refractivity contribution < 1.29 is 14.3 Å². The Morgan fingerprint density at radius 2 is 1.89 bits per heavy atom. The molecule has 0 saturated carbocycles. The summed E-state index contributed by atoms with van der Waals surface area (Å²) in [6.07, 6.45) is 5.27. The average Bonchev–Trinajstić information content (AvgIpc) is 2.27. The Kier molecular flexibility index (Phi) is 6.04. The molecule has 100 valence electrons. The van der Waals surface area contributed by atoms with Crippen LogP contribution in [0.3, 0.4) is 0 Å². The molecule has 6 heteroatoms. The lowest BCUT2D eigenvalue weighted by atomic mass is 9.97. The molecule has 18 heavy (non-hydrogen) atoms. The Bertz CT molecular complexity index is 375. The fourth-order valence-electron chi connectivity index (χ4n) is 1.90. The van der Waals surface area contributed by atoms with Crippen LogP contribution in [0.25, 0.3) is 0 Å². The van der Waals surface area contributed by atoms with E-state index in [2.05, 4.69) is 10.2 Å². The minimum Gasteiger partial charge on any atom is -0.463 e. The van der Waals surface area contributed by atoms with Gasteiger partial charge in [0.1, 0.15) is 0 Å². The molecule has 0 heterocycles. The Hall–Kier alpha value is -1.72. The van der Waals surface area contributed by atoms with Crippen LogP contribution < -0.4 is 5.73 Å². The van der Waals surface area contributed by atoms with Crippen LogP contribution in [-0.2, 0) is 9.53 Å². The molecule has 0 saturated heterocycles. The maximum absolute atomic E-state index is 11.8. The molecule has 1 aliphatic carbocycles. The molecule has 2 N–H and O–H groups in total. The first-order valence-corrected chi connectivity index (χ1v) is 6.25. The molecule has 0 atom stereocenters. The van der Waals surface area contributed by atoms with E-state index in [1.165, 1.54) is 0 Å². The monoisotopic (exact) mass is 253 g/mol. The van der Waals surface area contributed by atoms with Crippen molar-refractivity contribution in [3.8, 4) is 0 Å². The van der Waals surface area contributed by atoms with Crippen molar-refractivity contribution in [2.75, 3.05) is 6.61 Å². The Morgan fingerprint density at radius 1 is 1.22 bits per heavy atom. The highest BCUT2D eigenvalue weighted by atomic mass is 16.5. The van der Waals surface area contributed by atoms with Crippen molar-refractivity contribution in [2.24, 2.45) is 16.0 Å². The van der Waals surface area contributed by atoms with E-state index in [4.69, 9.17) is 10.5 Å². The molecular weight excluding hydrogens is 234 g/mol. The zero-order valence-corrected chi connectivity index (χ0v) is 10.6. The predicted molar refractivity (Wildman–Crippen MR) is 65.8 cm³/mol. The number of azo groups is 1. The summed E-state index contributed by atoms with van der Waals surface area (Å²) in [7, 11) is 0. The summed E-state index contributed by atoms with van der Waals surface area (Å²) in [6, 6.07) is -0.854. The molecule has 0 spiro atoms. The summed E-state index contributed by atoms with van der Waals surface area (Å²) < 4.78 is 5.00. The number of allylic oxidation sites excluding steroid dienone is 1. The molecule has 6 nitrogen and oxygen atoms in total. The zero-order chi connectivity index (χ0) is 13.4. The Morgan fingerprint density at radius 3 is 2.50 bits per heavy atom. The number of hydrogen-bond donors (Lipinski definition) is 1. The molecule has 0 fully saturated rings. The van der Waals surface area contributed by atoms with Gasteiger partial charge >= 0.3 is 12.0 Å². The van der Waals surface area contributed by atoms with Gasteiger partial charge in [-0.2, -0.15) is 0 Å². The van der Waals surface area contributed by atoms with E-state index in [-0.39, 0.29) is 5.97 Å². The third kappa shape index (κ3) is 4.65. The minimum absolute atomic E-state index is 0.322. The van der Waals surface area contributed by atoms with Crippen LogP contribution in [0.2, 0.25) is 0 Å². The van der Waals surface area contributed by atoms with Crippen molar-refractivity contribution in [1.82, 2.24) is 0 Å². The van der Waals surface area contributed by atoms with Crippen LogP contribution in [0.1, 0.15) is 45.4 Å². The maximum Gasteiger partial charge on any atom is 0.356 e. The Labute approximate surface area is 106 Å². The second-order valence-corrected chi connectivity index (χ2v) is 4.10.